The molecule has 0 atom stereocenters. The molecule has 7 nitrogen and oxygen atoms in total. The summed E-state index contributed by atoms with van der Waals surface area (Å²) >= 11 is 6.04. The lowest BCUT2D eigenvalue weighted by Crippen LogP contribution is -1.93. The minimum atomic E-state index is 0.174. The van der Waals surface area contributed by atoms with Crippen LogP contribution < -0.4 is 0 Å². The van der Waals surface area contributed by atoms with Crippen LogP contribution in [0.3, 0.4) is 0 Å². The van der Waals surface area contributed by atoms with Gasteiger partial charge in [0, 0.05) is 11.8 Å². The molecule has 4 aromatic heterocycles. The zero-order valence-electron chi connectivity index (χ0n) is 12.8. The summed E-state index contributed by atoms with van der Waals surface area (Å²) in [5.74, 6) is 0. The second-order valence-electron chi connectivity index (χ2n) is 5.47. The standard InChI is InChI=1S/C17H10ClN7/c18-17-23-14(15-16(24-17)21-8-20-15)10-3-4-13-12(6-10)22-9-25(13)11-2-1-5-19-7-11/h1-9H,(H,20,21,23,24). The molecule has 5 aromatic rings. The van der Waals surface area contributed by atoms with Gasteiger partial charge in [0.2, 0.25) is 5.28 Å². The SMILES string of the molecule is Clc1nc(-c2ccc3c(c2)ncn3-c2cccnc2)c2nc[nH]c2n1. The lowest BCUT2D eigenvalue weighted by molar-refractivity contribution is 1.07. The van der Waals surface area contributed by atoms with Crippen LogP contribution in [-0.2, 0) is 0 Å². The van der Waals surface area contributed by atoms with E-state index in [0.717, 1.165) is 22.3 Å². The molecular weight excluding hydrogens is 338 g/mol. The van der Waals surface area contributed by atoms with Crippen molar-refractivity contribution in [3.63, 3.8) is 0 Å². The molecule has 8 heteroatoms. The normalized spacial score (nSPS) is 11.4. The molecule has 0 fully saturated rings. The lowest BCUT2D eigenvalue weighted by atomic mass is 10.1. The zero-order valence-corrected chi connectivity index (χ0v) is 13.5. The minimum absolute atomic E-state index is 0.174. The number of fused-ring (bicyclic) bond motifs is 2. The predicted molar refractivity (Wildman–Crippen MR) is 94.6 cm³/mol. The van der Waals surface area contributed by atoms with Gasteiger partial charge in [0.25, 0.3) is 0 Å². The van der Waals surface area contributed by atoms with E-state index in [0.29, 0.717) is 16.9 Å². The van der Waals surface area contributed by atoms with E-state index in [4.69, 9.17) is 11.6 Å². The summed E-state index contributed by atoms with van der Waals surface area (Å²) in [6, 6.07) is 9.82. The van der Waals surface area contributed by atoms with Crippen molar-refractivity contribution in [1.82, 2.24) is 34.5 Å². The Bertz CT molecular complexity index is 1210. The Morgan fingerprint density at radius 1 is 1.08 bits per heavy atom. The van der Waals surface area contributed by atoms with E-state index < -0.39 is 0 Å². The fraction of sp³-hybridized carbons (Fsp3) is 0. The molecule has 0 aliphatic rings. The molecule has 1 N–H and O–H groups in total. The van der Waals surface area contributed by atoms with Crippen LogP contribution >= 0.6 is 11.6 Å². The van der Waals surface area contributed by atoms with Gasteiger partial charge < -0.3 is 4.98 Å². The van der Waals surface area contributed by atoms with Crippen molar-refractivity contribution in [1.29, 1.82) is 0 Å². The van der Waals surface area contributed by atoms with Crippen LogP contribution in [0.1, 0.15) is 0 Å². The Hall–Kier alpha value is -3.32. The van der Waals surface area contributed by atoms with E-state index in [1.807, 2.05) is 34.9 Å². The largest absolute Gasteiger partial charge is 0.329 e. The van der Waals surface area contributed by atoms with E-state index in [9.17, 15) is 0 Å². The first kappa shape index (κ1) is 14.1. The number of aromatic amines is 1. The number of rotatable bonds is 2. The van der Waals surface area contributed by atoms with Crippen LogP contribution in [-0.4, -0.2) is 34.5 Å². The average Bonchev–Trinajstić information content (AvgIpc) is 3.27. The second-order valence-corrected chi connectivity index (χ2v) is 5.81. The van der Waals surface area contributed by atoms with Crippen molar-refractivity contribution in [2.24, 2.45) is 0 Å². The molecule has 0 saturated heterocycles. The monoisotopic (exact) mass is 347 g/mol. The Morgan fingerprint density at radius 3 is 2.92 bits per heavy atom. The van der Waals surface area contributed by atoms with E-state index in [-0.39, 0.29) is 5.28 Å². The fourth-order valence-electron chi connectivity index (χ4n) is 2.87. The number of benzene rings is 1. The van der Waals surface area contributed by atoms with Crippen LogP contribution in [0.2, 0.25) is 5.28 Å². The van der Waals surface area contributed by atoms with Gasteiger partial charge in [-0.3, -0.25) is 9.55 Å². The Kier molecular flexibility index (Phi) is 3.01. The van der Waals surface area contributed by atoms with Gasteiger partial charge in [-0.05, 0) is 35.9 Å². The maximum atomic E-state index is 6.04. The van der Waals surface area contributed by atoms with E-state index >= 15 is 0 Å². The number of pyridine rings is 1. The number of hydrogen-bond acceptors (Lipinski definition) is 5. The number of nitrogens with zero attached hydrogens (tertiary/aromatic N) is 6. The zero-order chi connectivity index (χ0) is 16.8. The van der Waals surface area contributed by atoms with Crippen molar-refractivity contribution in [2.75, 3.05) is 0 Å². The average molecular weight is 348 g/mol. The Morgan fingerprint density at radius 2 is 2.04 bits per heavy atom. The summed E-state index contributed by atoms with van der Waals surface area (Å²) in [7, 11) is 0. The van der Waals surface area contributed by atoms with Gasteiger partial charge >= 0.3 is 0 Å². The maximum absolute atomic E-state index is 6.04. The predicted octanol–water partition coefficient (Wildman–Crippen LogP) is 3.41. The summed E-state index contributed by atoms with van der Waals surface area (Å²) in [5.41, 5.74) is 5.62. The highest BCUT2D eigenvalue weighted by molar-refractivity contribution is 6.28. The molecule has 0 bridgehead atoms. The van der Waals surface area contributed by atoms with Crippen molar-refractivity contribution in [2.45, 2.75) is 0 Å². The highest BCUT2D eigenvalue weighted by atomic mass is 35.5. The molecule has 4 heterocycles. The summed E-state index contributed by atoms with van der Waals surface area (Å²) in [5, 5.41) is 0.174. The highest BCUT2D eigenvalue weighted by Gasteiger charge is 2.13. The Balaban J connectivity index is 1.70. The molecule has 0 saturated carbocycles. The van der Waals surface area contributed by atoms with Crippen LogP contribution in [0.15, 0.2) is 55.4 Å². The first-order valence-electron chi connectivity index (χ1n) is 7.54. The van der Waals surface area contributed by atoms with Gasteiger partial charge in [-0.25, -0.2) is 15.0 Å². The summed E-state index contributed by atoms with van der Waals surface area (Å²) < 4.78 is 1.99. The molecule has 25 heavy (non-hydrogen) atoms. The van der Waals surface area contributed by atoms with Crippen LogP contribution in [0.4, 0.5) is 0 Å². The molecular formula is C17H10ClN7. The number of imidazole rings is 2. The van der Waals surface area contributed by atoms with Crippen LogP contribution in [0, 0.1) is 0 Å². The highest BCUT2D eigenvalue weighted by Crippen LogP contribution is 2.28. The van der Waals surface area contributed by atoms with Crippen LogP contribution in [0.5, 0.6) is 0 Å². The van der Waals surface area contributed by atoms with Crippen LogP contribution in [0.25, 0.3) is 39.1 Å². The molecule has 0 radical (unpaired) electrons. The molecule has 0 amide bonds. The first-order valence-corrected chi connectivity index (χ1v) is 7.92. The number of aromatic nitrogens is 7. The number of hydrogen-bond donors (Lipinski definition) is 1. The van der Waals surface area contributed by atoms with Gasteiger partial charge in [0.15, 0.2) is 5.65 Å². The summed E-state index contributed by atoms with van der Waals surface area (Å²) in [6.45, 7) is 0. The van der Waals surface area contributed by atoms with Gasteiger partial charge in [0.05, 0.1) is 29.2 Å². The van der Waals surface area contributed by atoms with Crippen molar-refractivity contribution in [3.8, 4) is 16.9 Å². The minimum Gasteiger partial charge on any atom is -0.329 e. The lowest BCUT2D eigenvalue weighted by Gasteiger charge is -2.05. The molecule has 1 aromatic carbocycles. The van der Waals surface area contributed by atoms with E-state index in [1.165, 1.54) is 0 Å². The molecule has 0 unspecified atom stereocenters. The quantitative estimate of drug-likeness (QED) is 0.495. The van der Waals surface area contributed by atoms with Crippen molar-refractivity contribution >= 4 is 33.8 Å². The van der Waals surface area contributed by atoms with Crippen molar-refractivity contribution < 1.29 is 0 Å². The maximum Gasteiger partial charge on any atom is 0.225 e. The third-order valence-electron chi connectivity index (χ3n) is 4.00. The summed E-state index contributed by atoms with van der Waals surface area (Å²) in [4.78, 5) is 24.4. The first-order chi connectivity index (χ1) is 12.3. The van der Waals surface area contributed by atoms with E-state index in [2.05, 4.69) is 29.9 Å². The smallest absolute Gasteiger partial charge is 0.225 e. The van der Waals surface area contributed by atoms with Gasteiger partial charge in [-0.1, -0.05) is 6.07 Å². The third-order valence-corrected chi connectivity index (χ3v) is 4.17. The number of halogens is 1. The van der Waals surface area contributed by atoms with E-state index in [1.54, 1.807) is 25.0 Å². The molecule has 5 rings (SSSR count). The third kappa shape index (κ3) is 2.25. The number of nitrogens with one attached hydrogen (secondary N) is 1. The summed E-state index contributed by atoms with van der Waals surface area (Å²) in [6.07, 6.45) is 6.90. The van der Waals surface area contributed by atoms with Crippen molar-refractivity contribution in [3.05, 3.63) is 60.7 Å². The molecule has 120 valence electrons. The molecule has 0 aliphatic heterocycles. The van der Waals surface area contributed by atoms with Gasteiger partial charge in [-0.15, -0.1) is 0 Å². The van der Waals surface area contributed by atoms with Gasteiger partial charge in [0.1, 0.15) is 17.5 Å². The fourth-order valence-corrected chi connectivity index (χ4v) is 3.04. The second kappa shape index (κ2) is 5.35. The number of H-pyrrole nitrogens is 1. The molecule has 0 spiro atoms. The topological polar surface area (TPSA) is 85.2 Å². The van der Waals surface area contributed by atoms with Gasteiger partial charge in [-0.2, -0.15) is 4.98 Å². The molecule has 0 aliphatic carbocycles. The Labute approximate surface area is 146 Å².